The van der Waals surface area contributed by atoms with E-state index in [1.54, 1.807) is 0 Å². The van der Waals surface area contributed by atoms with Gasteiger partial charge in [-0.2, -0.15) is 0 Å². The van der Waals surface area contributed by atoms with Crippen LogP contribution in [0.3, 0.4) is 0 Å². The van der Waals surface area contributed by atoms with Gasteiger partial charge in [0.05, 0.1) is 6.04 Å². The number of urea groups is 1. The maximum Gasteiger partial charge on any atom is 0.319 e. The van der Waals surface area contributed by atoms with E-state index in [1.165, 1.54) is 6.08 Å². The predicted molar refractivity (Wildman–Crippen MR) is 82.3 cm³/mol. The first-order valence-electron chi connectivity index (χ1n) is 6.32. The van der Waals surface area contributed by atoms with Crippen LogP contribution in [-0.4, -0.2) is 18.6 Å². The second kappa shape index (κ2) is 6.58. The standard InChI is InChI=1S/C15H15BrN2O3/c1-3-8-21-14(19)12-9(2)17-15(20)18-13(12)10-4-6-11(16)7-5-10/h3-7,12-13H,1-2,8H2,(H2,17,18,20)/t12-,13+/m1/s1. The molecule has 1 saturated heterocycles. The third-order valence-corrected chi connectivity index (χ3v) is 3.62. The molecule has 1 aromatic rings. The summed E-state index contributed by atoms with van der Waals surface area (Å²) in [5.74, 6) is -1.15. The van der Waals surface area contributed by atoms with Gasteiger partial charge in [0, 0.05) is 10.2 Å². The van der Waals surface area contributed by atoms with Gasteiger partial charge in [-0.1, -0.05) is 47.3 Å². The lowest BCUT2D eigenvalue weighted by Gasteiger charge is -2.33. The first kappa shape index (κ1) is 15.3. The summed E-state index contributed by atoms with van der Waals surface area (Å²) in [6, 6.07) is 6.46. The highest BCUT2D eigenvalue weighted by Crippen LogP contribution is 2.31. The van der Waals surface area contributed by atoms with Crippen molar-refractivity contribution in [2.24, 2.45) is 5.92 Å². The van der Waals surface area contributed by atoms with E-state index in [0.717, 1.165) is 10.0 Å². The summed E-state index contributed by atoms with van der Waals surface area (Å²) in [5, 5.41) is 5.25. The van der Waals surface area contributed by atoms with Crippen LogP contribution in [0.4, 0.5) is 4.79 Å². The van der Waals surface area contributed by atoms with Crippen LogP contribution >= 0.6 is 15.9 Å². The summed E-state index contributed by atoms with van der Waals surface area (Å²) >= 11 is 3.35. The lowest BCUT2D eigenvalue weighted by atomic mass is 9.89. The highest BCUT2D eigenvalue weighted by molar-refractivity contribution is 9.10. The maximum absolute atomic E-state index is 12.2. The summed E-state index contributed by atoms with van der Waals surface area (Å²) in [6.07, 6.45) is 1.49. The molecule has 0 unspecified atom stereocenters. The molecule has 6 heteroatoms. The monoisotopic (exact) mass is 350 g/mol. The fourth-order valence-corrected chi connectivity index (χ4v) is 2.40. The Balaban J connectivity index is 2.30. The number of carbonyl (C=O) groups excluding carboxylic acids is 2. The number of hydrogen-bond acceptors (Lipinski definition) is 3. The van der Waals surface area contributed by atoms with Crippen molar-refractivity contribution in [3.05, 3.63) is 59.2 Å². The number of amides is 2. The second-order valence-corrected chi connectivity index (χ2v) is 5.46. The zero-order valence-corrected chi connectivity index (χ0v) is 12.9. The topological polar surface area (TPSA) is 67.4 Å². The molecule has 1 fully saturated rings. The Kier molecular flexibility index (Phi) is 4.80. The fraction of sp³-hybridized carbons (Fsp3) is 0.200. The molecular formula is C15H15BrN2O3. The molecule has 1 aliphatic heterocycles. The Morgan fingerprint density at radius 2 is 2.05 bits per heavy atom. The molecule has 1 heterocycles. The molecule has 0 aliphatic carbocycles. The van der Waals surface area contributed by atoms with Crippen molar-refractivity contribution in [2.75, 3.05) is 6.61 Å². The molecule has 0 aromatic heterocycles. The minimum atomic E-state index is -0.691. The fourth-order valence-electron chi connectivity index (χ4n) is 2.14. The Morgan fingerprint density at radius 1 is 1.38 bits per heavy atom. The second-order valence-electron chi connectivity index (χ2n) is 4.55. The molecule has 0 radical (unpaired) electrons. The Morgan fingerprint density at radius 3 is 2.67 bits per heavy atom. The molecule has 5 nitrogen and oxygen atoms in total. The number of ether oxygens (including phenoxy) is 1. The van der Waals surface area contributed by atoms with Gasteiger partial charge >= 0.3 is 12.0 Å². The minimum absolute atomic E-state index is 0.115. The van der Waals surface area contributed by atoms with Crippen LogP contribution in [0.25, 0.3) is 0 Å². The van der Waals surface area contributed by atoms with E-state index < -0.39 is 17.9 Å². The molecule has 0 saturated carbocycles. The zero-order valence-electron chi connectivity index (χ0n) is 11.3. The number of halogens is 1. The molecule has 2 N–H and O–H groups in total. The third kappa shape index (κ3) is 3.52. The van der Waals surface area contributed by atoms with Crippen molar-refractivity contribution in [1.82, 2.24) is 10.6 Å². The number of nitrogens with one attached hydrogen (secondary N) is 2. The maximum atomic E-state index is 12.2. The van der Waals surface area contributed by atoms with Gasteiger partial charge in [-0.05, 0) is 17.7 Å². The van der Waals surface area contributed by atoms with E-state index in [9.17, 15) is 9.59 Å². The summed E-state index contributed by atoms with van der Waals surface area (Å²) in [6.45, 7) is 7.38. The van der Waals surface area contributed by atoms with Gasteiger partial charge in [0.25, 0.3) is 0 Å². The quantitative estimate of drug-likeness (QED) is 0.647. The van der Waals surface area contributed by atoms with Crippen molar-refractivity contribution in [1.29, 1.82) is 0 Å². The molecule has 0 bridgehead atoms. The first-order valence-corrected chi connectivity index (χ1v) is 7.11. The number of hydrogen-bond donors (Lipinski definition) is 2. The molecule has 0 spiro atoms. The van der Waals surface area contributed by atoms with Crippen molar-refractivity contribution in [3.8, 4) is 0 Å². The molecule has 2 atom stereocenters. The van der Waals surface area contributed by atoms with E-state index in [-0.39, 0.29) is 12.6 Å². The van der Waals surface area contributed by atoms with Crippen LogP contribution < -0.4 is 10.6 Å². The highest BCUT2D eigenvalue weighted by atomic mass is 79.9. The van der Waals surface area contributed by atoms with Gasteiger partial charge in [-0.3, -0.25) is 4.79 Å². The third-order valence-electron chi connectivity index (χ3n) is 3.10. The predicted octanol–water partition coefficient (Wildman–Crippen LogP) is 2.66. The molecule has 1 aliphatic rings. The lowest BCUT2D eigenvalue weighted by molar-refractivity contribution is -0.147. The van der Waals surface area contributed by atoms with E-state index in [4.69, 9.17) is 4.74 Å². The summed E-state index contributed by atoms with van der Waals surface area (Å²) < 4.78 is 6.01. The average Bonchev–Trinajstić information content (AvgIpc) is 2.44. The average molecular weight is 351 g/mol. The van der Waals surface area contributed by atoms with Gasteiger partial charge in [0.1, 0.15) is 12.5 Å². The van der Waals surface area contributed by atoms with Crippen LogP contribution in [0.15, 0.2) is 53.7 Å². The van der Waals surface area contributed by atoms with Gasteiger partial charge < -0.3 is 15.4 Å². The first-order chi connectivity index (χ1) is 10.0. The molecule has 2 rings (SSSR count). The number of rotatable bonds is 4. The van der Waals surface area contributed by atoms with Crippen molar-refractivity contribution in [2.45, 2.75) is 6.04 Å². The molecule has 21 heavy (non-hydrogen) atoms. The smallest absolute Gasteiger partial charge is 0.319 e. The lowest BCUT2D eigenvalue weighted by Crippen LogP contribution is -2.51. The molecule has 2 amide bonds. The van der Waals surface area contributed by atoms with Crippen LogP contribution in [0.1, 0.15) is 11.6 Å². The Bertz CT molecular complexity index is 583. The van der Waals surface area contributed by atoms with Gasteiger partial charge in [-0.25, -0.2) is 4.79 Å². The van der Waals surface area contributed by atoms with E-state index >= 15 is 0 Å². The van der Waals surface area contributed by atoms with Gasteiger partial charge in [0.2, 0.25) is 0 Å². The minimum Gasteiger partial charge on any atom is -0.461 e. The van der Waals surface area contributed by atoms with Crippen LogP contribution in [0.5, 0.6) is 0 Å². The van der Waals surface area contributed by atoms with Crippen LogP contribution in [0, 0.1) is 5.92 Å². The van der Waals surface area contributed by atoms with Crippen molar-refractivity contribution in [3.63, 3.8) is 0 Å². The van der Waals surface area contributed by atoms with Crippen molar-refractivity contribution < 1.29 is 14.3 Å². The van der Waals surface area contributed by atoms with Crippen LogP contribution in [0.2, 0.25) is 0 Å². The molecular weight excluding hydrogens is 336 g/mol. The highest BCUT2D eigenvalue weighted by Gasteiger charge is 2.38. The Hall–Kier alpha value is -2.08. The van der Waals surface area contributed by atoms with Gasteiger partial charge in [0.15, 0.2) is 0 Å². The molecule has 110 valence electrons. The number of carbonyl (C=O) groups is 2. The van der Waals surface area contributed by atoms with E-state index in [1.807, 2.05) is 24.3 Å². The van der Waals surface area contributed by atoms with Crippen molar-refractivity contribution >= 4 is 27.9 Å². The largest absolute Gasteiger partial charge is 0.461 e. The summed E-state index contributed by atoms with van der Waals surface area (Å²) in [5.41, 5.74) is 1.12. The normalized spacial score (nSPS) is 21.2. The van der Waals surface area contributed by atoms with Gasteiger partial charge in [-0.15, -0.1) is 0 Å². The number of benzene rings is 1. The van der Waals surface area contributed by atoms with E-state index in [0.29, 0.717) is 5.70 Å². The SMILES string of the molecule is C=CCOC(=O)[C@@H]1C(=C)NC(=O)N[C@H]1c1ccc(Br)cc1. The summed E-state index contributed by atoms with van der Waals surface area (Å²) in [7, 11) is 0. The van der Waals surface area contributed by atoms with Crippen LogP contribution in [-0.2, 0) is 9.53 Å². The van der Waals surface area contributed by atoms with E-state index in [2.05, 4.69) is 39.7 Å². The number of esters is 1. The molecule has 1 aromatic carbocycles. The Labute approximate surface area is 131 Å². The zero-order chi connectivity index (χ0) is 15.4. The summed E-state index contributed by atoms with van der Waals surface area (Å²) in [4.78, 5) is 23.8.